The van der Waals surface area contributed by atoms with E-state index >= 15 is 0 Å². The zero-order valence-electron chi connectivity index (χ0n) is 11.2. The number of Topliss-reactive ketones (excluding diaryl/α,β-unsaturated/α-hetero) is 1. The molecular weight excluding hydrogens is 252 g/mol. The van der Waals surface area contributed by atoms with Gasteiger partial charge in [-0.1, -0.05) is 12.1 Å². The number of piperidine rings is 1. The average molecular weight is 268 g/mol. The van der Waals surface area contributed by atoms with E-state index in [0.717, 1.165) is 24.2 Å². The molecule has 1 amide bonds. The second-order valence-electron chi connectivity index (χ2n) is 5.74. The minimum Gasteiger partial charge on any atom is -0.380 e. The summed E-state index contributed by atoms with van der Waals surface area (Å²) in [4.78, 5) is 26.7. The van der Waals surface area contributed by atoms with Gasteiger partial charge in [-0.05, 0) is 30.0 Å². The Labute approximate surface area is 117 Å². The molecule has 4 nitrogen and oxygen atoms in total. The maximum absolute atomic E-state index is 12.6. The van der Waals surface area contributed by atoms with Crippen molar-refractivity contribution in [2.75, 3.05) is 25.0 Å². The number of amides is 1. The predicted molar refractivity (Wildman–Crippen MR) is 75.6 cm³/mol. The predicted octanol–water partition coefficient (Wildman–Crippen LogP) is 1.84. The smallest absolute Gasteiger partial charge is 0.256 e. The van der Waals surface area contributed by atoms with Crippen LogP contribution in [0.25, 0.3) is 0 Å². The number of nitrogens with one attached hydrogen (secondary N) is 1. The Bertz CT molecular complexity index is 648. The number of fused-ring (bicyclic) bond motifs is 2. The van der Waals surface area contributed by atoms with Gasteiger partial charge in [0.2, 0.25) is 0 Å². The topological polar surface area (TPSA) is 49.4 Å². The first-order chi connectivity index (χ1) is 9.74. The van der Waals surface area contributed by atoms with E-state index in [0.29, 0.717) is 31.0 Å². The van der Waals surface area contributed by atoms with Crippen LogP contribution in [-0.4, -0.2) is 36.2 Å². The Kier molecular flexibility index (Phi) is 2.46. The third-order valence-electron chi connectivity index (χ3n) is 4.66. The number of rotatable bonds is 0. The van der Waals surface area contributed by atoms with E-state index in [-0.39, 0.29) is 11.7 Å². The van der Waals surface area contributed by atoms with E-state index in [1.54, 1.807) is 0 Å². The highest BCUT2D eigenvalue weighted by molar-refractivity contribution is 6.03. The number of ketones is 1. The fourth-order valence-electron chi connectivity index (χ4n) is 3.56. The van der Waals surface area contributed by atoms with Gasteiger partial charge in [-0.15, -0.1) is 0 Å². The van der Waals surface area contributed by atoms with Crippen LogP contribution < -0.4 is 5.32 Å². The van der Waals surface area contributed by atoms with Gasteiger partial charge < -0.3 is 10.2 Å². The van der Waals surface area contributed by atoms with Gasteiger partial charge in [-0.25, -0.2) is 0 Å². The van der Waals surface area contributed by atoms with Crippen LogP contribution in [0, 0.1) is 5.92 Å². The van der Waals surface area contributed by atoms with Crippen LogP contribution in [0.4, 0.5) is 5.69 Å². The largest absolute Gasteiger partial charge is 0.380 e. The van der Waals surface area contributed by atoms with Gasteiger partial charge >= 0.3 is 0 Å². The molecule has 4 heteroatoms. The fourth-order valence-corrected chi connectivity index (χ4v) is 3.56. The molecule has 1 saturated heterocycles. The summed E-state index contributed by atoms with van der Waals surface area (Å²) in [6.45, 7) is 1.92. The molecule has 1 fully saturated rings. The van der Waals surface area contributed by atoms with Crippen molar-refractivity contribution >= 4 is 17.4 Å². The van der Waals surface area contributed by atoms with E-state index in [1.807, 2.05) is 29.2 Å². The molecule has 1 unspecified atom stereocenters. The van der Waals surface area contributed by atoms with Gasteiger partial charge in [0, 0.05) is 37.3 Å². The Morgan fingerprint density at radius 1 is 1.20 bits per heavy atom. The van der Waals surface area contributed by atoms with Crippen LogP contribution in [0.15, 0.2) is 35.4 Å². The van der Waals surface area contributed by atoms with Crippen molar-refractivity contribution in [3.05, 3.63) is 41.0 Å². The summed E-state index contributed by atoms with van der Waals surface area (Å²) in [7, 11) is 0. The molecule has 1 aliphatic carbocycles. The zero-order chi connectivity index (χ0) is 13.7. The molecule has 1 aromatic carbocycles. The summed E-state index contributed by atoms with van der Waals surface area (Å²) in [5.74, 6) is 0.690. The minimum atomic E-state index is 0.0691. The molecule has 0 spiro atoms. The Morgan fingerprint density at radius 3 is 2.95 bits per heavy atom. The second-order valence-corrected chi connectivity index (χ2v) is 5.74. The lowest BCUT2D eigenvalue weighted by molar-refractivity contribution is -0.115. The number of carbonyl (C=O) groups is 2. The summed E-state index contributed by atoms with van der Waals surface area (Å²) >= 11 is 0. The third-order valence-corrected chi connectivity index (χ3v) is 4.66. The van der Waals surface area contributed by atoms with Crippen molar-refractivity contribution < 1.29 is 9.59 Å². The van der Waals surface area contributed by atoms with Crippen LogP contribution in [0.5, 0.6) is 0 Å². The van der Waals surface area contributed by atoms with Crippen molar-refractivity contribution in [3.8, 4) is 0 Å². The lowest BCUT2D eigenvalue weighted by Gasteiger charge is -2.32. The number of hydrogen-bond donors (Lipinski definition) is 1. The molecule has 0 radical (unpaired) electrons. The number of carbonyl (C=O) groups excluding carboxylic acids is 2. The number of benzene rings is 1. The van der Waals surface area contributed by atoms with Crippen LogP contribution in [0.3, 0.4) is 0 Å². The normalized spacial score (nSPS) is 24.8. The van der Waals surface area contributed by atoms with E-state index in [2.05, 4.69) is 5.32 Å². The quantitative estimate of drug-likeness (QED) is 0.781. The number of nitrogens with zero attached hydrogens (tertiary/aromatic N) is 1. The highest BCUT2D eigenvalue weighted by atomic mass is 16.2. The van der Waals surface area contributed by atoms with Crippen LogP contribution >= 0.6 is 0 Å². The number of hydrogen-bond acceptors (Lipinski definition) is 3. The lowest BCUT2D eigenvalue weighted by Crippen LogP contribution is -2.39. The van der Waals surface area contributed by atoms with Gasteiger partial charge in [-0.3, -0.25) is 9.59 Å². The minimum absolute atomic E-state index is 0.0691. The van der Waals surface area contributed by atoms with Crippen LogP contribution in [-0.2, 0) is 4.79 Å². The van der Waals surface area contributed by atoms with Crippen LogP contribution in [0.2, 0.25) is 0 Å². The van der Waals surface area contributed by atoms with Gasteiger partial charge in [0.05, 0.1) is 5.56 Å². The Balaban J connectivity index is 1.83. The van der Waals surface area contributed by atoms with E-state index in [9.17, 15) is 9.59 Å². The van der Waals surface area contributed by atoms with Gasteiger partial charge in [-0.2, -0.15) is 0 Å². The molecule has 102 valence electrons. The SMILES string of the molecule is O=C1CC2CCN3CC2=C1CNc1ccccc1C3=O. The summed E-state index contributed by atoms with van der Waals surface area (Å²) in [6.07, 6.45) is 1.55. The zero-order valence-corrected chi connectivity index (χ0v) is 11.2. The molecular formula is C16H16N2O2. The van der Waals surface area contributed by atoms with Crippen molar-refractivity contribution in [2.24, 2.45) is 5.92 Å². The fraction of sp³-hybridized carbons (Fsp3) is 0.375. The van der Waals surface area contributed by atoms with Crippen molar-refractivity contribution in [2.45, 2.75) is 12.8 Å². The third kappa shape index (κ3) is 1.60. The summed E-state index contributed by atoms with van der Waals surface area (Å²) in [5, 5.41) is 3.28. The first-order valence-electron chi connectivity index (χ1n) is 7.11. The maximum Gasteiger partial charge on any atom is 0.256 e. The number of anilines is 1. The molecule has 1 N–H and O–H groups in total. The second kappa shape index (κ2) is 4.20. The monoisotopic (exact) mass is 268 g/mol. The van der Waals surface area contributed by atoms with Gasteiger partial charge in [0.15, 0.2) is 5.78 Å². The first-order valence-corrected chi connectivity index (χ1v) is 7.11. The molecule has 3 aliphatic rings. The standard InChI is InChI=1S/C16H16N2O2/c19-15-7-10-5-6-18-9-13(10)12(15)8-17-14-4-2-1-3-11(14)16(18)20/h1-4,10,17H,5-9H2. The molecule has 0 aromatic heterocycles. The lowest BCUT2D eigenvalue weighted by atomic mass is 9.92. The van der Waals surface area contributed by atoms with E-state index < -0.39 is 0 Å². The highest BCUT2D eigenvalue weighted by Crippen LogP contribution is 2.37. The summed E-state index contributed by atoms with van der Waals surface area (Å²) in [6, 6.07) is 7.56. The maximum atomic E-state index is 12.6. The Morgan fingerprint density at radius 2 is 2.05 bits per heavy atom. The molecule has 1 aromatic rings. The molecule has 0 saturated carbocycles. The van der Waals surface area contributed by atoms with E-state index in [4.69, 9.17) is 0 Å². The van der Waals surface area contributed by atoms with Crippen molar-refractivity contribution in [1.82, 2.24) is 4.90 Å². The van der Waals surface area contributed by atoms with E-state index in [1.165, 1.54) is 5.57 Å². The molecule has 2 heterocycles. The first kappa shape index (κ1) is 11.7. The van der Waals surface area contributed by atoms with Crippen molar-refractivity contribution in [1.29, 1.82) is 0 Å². The highest BCUT2D eigenvalue weighted by Gasteiger charge is 2.38. The number of para-hydroxylation sites is 1. The van der Waals surface area contributed by atoms with Crippen LogP contribution in [0.1, 0.15) is 23.2 Å². The van der Waals surface area contributed by atoms with Gasteiger partial charge in [0.25, 0.3) is 5.91 Å². The van der Waals surface area contributed by atoms with Crippen molar-refractivity contribution in [3.63, 3.8) is 0 Å². The molecule has 1 atom stereocenters. The Hall–Kier alpha value is -2.10. The van der Waals surface area contributed by atoms with Gasteiger partial charge in [0.1, 0.15) is 0 Å². The molecule has 2 aliphatic heterocycles. The average Bonchev–Trinajstić information content (AvgIpc) is 2.80. The summed E-state index contributed by atoms with van der Waals surface area (Å²) < 4.78 is 0. The molecule has 20 heavy (non-hydrogen) atoms. The molecule has 2 bridgehead atoms. The molecule has 4 rings (SSSR count). The summed E-state index contributed by atoms with van der Waals surface area (Å²) in [5.41, 5.74) is 3.63.